The Morgan fingerprint density at radius 1 is 1.38 bits per heavy atom. The molecule has 1 unspecified atom stereocenters. The molecule has 0 bridgehead atoms. The van der Waals surface area contributed by atoms with Crippen LogP contribution in [0.3, 0.4) is 0 Å². The first-order valence-corrected chi connectivity index (χ1v) is 6.49. The quantitative estimate of drug-likeness (QED) is 0.515. The Kier molecular flexibility index (Phi) is 2.90. The summed E-state index contributed by atoms with van der Waals surface area (Å²) in [5, 5.41) is 3.00. The molecule has 0 spiro atoms. The van der Waals surface area contributed by atoms with E-state index in [0.29, 0.717) is 16.9 Å². The fraction of sp³-hybridized carbons (Fsp3) is 0.214. The van der Waals surface area contributed by atoms with Gasteiger partial charge in [-0.2, -0.15) is 0 Å². The van der Waals surface area contributed by atoms with E-state index in [2.05, 4.69) is 10.3 Å². The normalized spacial score (nSPS) is 18.9. The van der Waals surface area contributed by atoms with Crippen LogP contribution >= 0.6 is 0 Å². The lowest BCUT2D eigenvalue weighted by Gasteiger charge is -2.31. The number of nitrogens with one attached hydrogen (secondary N) is 2. The van der Waals surface area contributed by atoms with Crippen LogP contribution in [0.2, 0.25) is 0 Å². The summed E-state index contributed by atoms with van der Waals surface area (Å²) in [7, 11) is 0. The zero-order valence-electron chi connectivity index (χ0n) is 11.3. The zero-order chi connectivity index (χ0) is 15.1. The van der Waals surface area contributed by atoms with Gasteiger partial charge in [0.1, 0.15) is 18.3 Å². The molecule has 4 N–H and O–H groups in total. The summed E-state index contributed by atoms with van der Waals surface area (Å²) in [5.41, 5.74) is 7.35. The minimum absolute atomic E-state index is 0.142. The van der Waals surface area contributed by atoms with E-state index in [-0.39, 0.29) is 6.54 Å². The highest BCUT2D eigenvalue weighted by atomic mass is 16.2. The Balaban J connectivity index is 1.98. The van der Waals surface area contributed by atoms with Crippen molar-refractivity contribution in [3.63, 3.8) is 0 Å². The highest BCUT2D eigenvalue weighted by Gasteiger charge is 2.34. The van der Waals surface area contributed by atoms with Crippen LogP contribution in [0.5, 0.6) is 0 Å². The molecule has 1 aromatic carbocycles. The van der Waals surface area contributed by atoms with Crippen LogP contribution < -0.4 is 11.1 Å². The summed E-state index contributed by atoms with van der Waals surface area (Å²) in [6, 6.07) is 6.32. The Bertz CT molecular complexity index is 765. The minimum atomic E-state index is -0.695. The number of hydrogen-bond acceptors (Lipinski definition) is 4. The number of imide groups is 1. The number of aromatic nitrogens is 1. The zero-order valence-corrected chi connectivity index (χ0v) is 11.3. The number of anilines is 1. The Hall–Kier alpha value is -2.83. The maximum Gasteiger partial charge on any atom is 0.271 e. The highest BCUT2D eigenvalue weighted by Crippen LogP contribution is 2.22. The van der Waals surface area contributed by atoms with E-state index in [4.69, 9.17) is 5.73 Å². The van der Waals surface area contributed by atoms with Gasteiger partial charge in [-0.05, 0) is 19.1 Å². The van der Waals surface area contributed by atoms with Gasteiger partial charge >= 0.3 is 0 Å². The summed E-state index contributed by atoms with van der Waals surface area (Å²) < 4.78 is 0. The summed E-state index contributed by atoms with van der Waals surface area (Å²) >= 11 is 0. The first-order valence-electron chi connectivity index (χ1n) is 6.49. The van der Waals surface area contributed by atoms with Crippen LogP contribution in [0.15, 0.2) is 24.3 Å². The average Bonchev–Trinajstić information content (AvgIpc) is 2.87. The Morgan fingerprint density at radius 2 is 2.14 bits per heavy atom. The lowest BCUT2D eigenvalue weighted by molar-refractivity contribution is -0.138. The van der Waals surface area contributed by atoms with Gasteiger partial charge in [0.15, 0.2) is 0 Å². The van der Waals surface area contributed by atoms with Gasteiger partial charge in [-0.1, -0.05) is 12.1 Å². The summed E-state index contributed by atoms with van der Waals surface area (Å²) in [5.74, 6) is -1.36. The maximum atomic E-state index is 12.5. The third-order valence-corrected chi connectivity index (χ3v) is 3.60. The molecule has 2 aromatic rings. The standard InChI is InChI=1S/C14H14N4O3/c1-7-13(20)17-11(19)6-18(7)14(21)10-5-8-3-2-4-9(15)12(8)16-10/h2-5,7,16H,6,15H2,1H3,(H,17,19,20). The topological polar surface area (TPSA) is 108 Å². The molecular formula is C14H14N4O3. The Morgan fingerprint density at radius 3 is 2.86 bits per heavy atom. The number of piperazine rings is 1. The first kappa shape index (κ1) is 13.2. The van der Waals surface area contributed by atoms with Crippen molar-refractivity contribution in [2.75, 3.05) is 12.3 Å². The monoisotopic (exact) mass is 286 g/mol. The van der Waals surface area contributed by atoms with Gasteiger partial charge in [-0.25, -0.2) is 0 Å². The van der Waals surface area contributed by atoms with Gasteiger partial charge in [0.25, 0.3) is 5.91 Å². The van der Waals surface area contributed by atoms with Gasteiger partial charge in [0.05, 0.1) is 11.2 Å². The second-order valence-corrected chi connectivity index (χ2v) is 5.02. The predicted octanol–water partition coefficient (Wildman–Crippen LogP) is 0.237. The third-order valence-electron chi connectivity index (χ3n) is 3.60. The number of aromatic amines is 1. The number of benzene rings is 1. The fourth-order valence-corrected chi connectivity index (χ4v) is 2.41. The largest absolute Gasteiger partial charge is 0.397 e. The molecule has 1 aromatic heterocycles. The van der Waals surface area contributed by atoms with Crippen LogP contribution in [-0.2, 0) is 9.59 Å². The fourth-order valence-electron chi connectivity index (χ4n) is 2.41. The lowest BCUT2D eigenvalue weighted by Crippen LogP contribution is -2.58. The second kappa shape index (κ2) is 4.62. The van der Waals surface area contributed by atoms with Crippen molar-refractivity contribution in [3.05, 3.63) is 30.0 Å². The van der Waals surface area contributed by atoms with E-state index in [1.165, 1.54) is 4.90 Å². The number of rotatable bonds is 1. The highest BCUT2D eigenvalue weighted by molar-refractivity contribution is 6.08. The number of H-pyrrole nitrogens is 1. The van der Waals surface area contributed by atoms with Crippen molar-refractivity contribution in [2.45, 2.75) is 13.0 Å². The number of hydrogen-bond donors (Lipinski definition) is 3. The first-order chi connectivity index (χ1) is 9.97. The van der Waals surface area contributed by atoms with Crippen molar-refractivity contribution in [3.8, 4) is 0 Å². The van der Waals surface area contributed by atoms with Gasteiger partial charge < -0.3 is 15.6 Å². The maximum absolute atomic E-state index is 12.5. The summed E-state index contributed by atoms with van der Waals surface area (Å²) in [4.78, 5) is 39.8. The van der Waals surface area contributed by atoms with Crippen molar-refractivity contribution >= 4 is 34.3 Å². The summed E-state index contributed by atoms with van der Waals surface area (Å²) in [6.07, 6.45) is 0. The Labute approximate surface area is 120 Å². The summed E-state index contributed by atoms with van der Waals surface area (Å²) in [6.45, 7) is 1.44. The number of amides is 3. The number of nitrogen functional groups attached to an aromatic ring is 1. The number of carbonyl (C=O) groups excluding carboxylic acids is 3. The number of nitrogens with two attached hydrogens (primary N) is 1. The van der Waals surface area contributed by atoms with Gasteiger partial charge in [0, 0.05) is 5.39 Å². The molecule has 1 aliphatic rings. The van der Waals surface area contributed by atoms with Crippen molar-refractivity contribution in [1.29, 1.82) is 0 Å². The molecule has 1 fully saturated rings. The van der Waals surface area contributed by atoms with E-state index < -0.39 is 23.8 Å². The van der Waals surface area contributed by atoms with Gasteiger partial charge in [-0.3, -0.25) is 19.7 Å². The predicted molar refractivity (Wildman–Crippen MR) is 76.4 cm³/mol. The average molecular weight is 286 g/mol. The van der Waals surface area contributed by atoms with E-state index in [1.807, 2.05) is 6.07 Å². The molecule has 21 heavy (non-hydrogen) atoms. The SMILES string of the molecule is CC1C(=O)NC(=O)CN1C(=O)c1cc2cccc(N)c2[nH]1. The molecule has 3 amide bonds. The van der Waals surface area contributed by atoms with Crippen LogP contribution in [-0.4, -0.2) is 40.2 Å². The van der Waals surface area contributed by atoms with E-state index in [0.717, 1.165) is 5.39 Å². The van der Waals surface area contributed by atoms with Crippen LogP contribution in [0.4, 0.5) is 5.69 Å². The molecule has 0 aliphatic carbocycles. The smallest absolute Gasteiger partial charge is 0.271 e. The molecule has 0 radical (unpaired) electrons. The van der Waals surface area contributed by atoms with E-state index >= 15 is 0 Å². The molecule has 3 rings (SSSR count). The van der Waals surface area contributed by atoms with Crippen LogP contribution in [0.1, 0.15) is 17.4 Å². The third kappa shape index (κ3) is 2.12. The molecule has 1 atom stereocenters. The molecule has 0 saturated carbocycles. The van der Waals surface area contributed by atoms with Crippen molar-refractivity contribution < 1.29 is 14.4 Å². The molecule has 1 aliphatic heterocycles. The molecule has 1 saturated heterocycles. The van der Waals surface area contributed by atoms with Crippen LogP contribution in [0.25, 0.3) is 10.9 Å². The molecule has 7 heteroatoms. The minimum Gasteiger partial charge on any atom is -0.397 e. The molecule has 7 nitrogen and oxygen atoms in total. The van der Waals surface area contributed by atoms with E-state index in [9.17, 15) is 14.4 Å². The lowest BCUT2D eigenvalue weighted by atomic mass is 10.2. The second-order valence-electron chi connectivity index (χ2n) is 5.02. The van der Waals surface area contributed by atoms with Gasteiger partial charge in [0.2, 0.25) is 11.8 Å². The van der Waals surface area contributed by atoms with Gasteiger partial charge in [-0.15, -0.1) is 0 Å². The number of fused-ring (bicyclic) bond motifs is 1. The van der Waals surface area contributed by atoms with Crippen molar-refractivity contribution in [1.82, 2.24) is 15.2 Å². The van der Waals surface area contributed by atoms with E-state index in [1.54, 1.807) is 25.1 Å². The molecule has 108 valence electrons. The molecule has 2 heterocycles. The number of carbonyl (C=O) groups is 3. The van der Waals surface area contributed by atoms with Crippen molar-refractivity contribution in [2.24, 2.45) is 0 Å². The number of nitrogens with zero attached hydrogens (tertiary/aromatic N) is 1. The van der Waals surface area contributed by atoms with Crippen LogP contribution in [0, 0.1) is 0 Å². The molecular weight excluding hydrogens is 272 g/mol. The number of para-hydroxylation sites is 1.